The number of carbonyl (C=O) groups is 1. The molecule has 7 heteroatoms. The number of halogens is 1. The minimum Gasteiger partial charge on any atom is -0.504 e. The van der Waals surface area contributed by atoms with Gasteiger partial charge in [0.1, 0.15) is 11.6 Å². The van der Waals surface area contributed by atoms with Crippen molar-refractivity contribution in [2.24, 2.45) is 5.73 Å². The van der Waals surface area contributed by atoms with Gasteiger partial charge in [0.05, 0.1) is 11.0 Å². The zero-order valence-corrected chi connectivity index (χ0v) is 14.7. The second-order valence-electron chi connectivity index (χ2n) is 5.92. The van der Waals surface area contributed by atoms with E-state index in [1.54, 1.807) is 42.5 Å². The molecule has 0 saturated heterocycles. The first-order chi connectivity index (χ1) is 13.0. The molecule has 1 aromatic heterocycles. The van der Waals surface area contributed by atoms with Gasteiger partial charge in [-0.3, -0.25) is 4.79 Å². The summed E-state index contributed by atoms with van der Waals surface area (Å²) in [4.78, 5) is 19.0. The van der Waals surface area contributed by atoms with Crippen molar-refractivity contribution in [3.63, 3.8) is 0 Å². The van der Waals surface area contributed by atoms with Gasteiger partial charge in [0, 0.05) is 22.2 Å². The lowest BCUT2D eigenvalue weighted by Crippen LogP contribution is -2.10. The number of rotatable bonds is 4. The van der Waals surface area contributed by atoms with E-state index < -0.39 is 5.91 Å². The van der Waals surface area contributed by atoms with Gasteiger partial charge in [0.2, 0.25) is 5.91 Å². The highest BCUT2D eigenvalue weighted by molar-refractivity contribution is 6.30. The van der Waals surface area contributed by atoms with Crippen molar-refractivity contribution in [1.29, 1.82) is 0 Å². The molecule has 0 spiro atoms. The Bertz CT molecular complexity index is 1150. The van der Waals surface area contributed by atoms with Crippen molar-refractivity contribution in [3.05, 3.63) is 71.2 Å². The minimum atomic E-state index is -0.486. The second-order valence-corrected chi connectivity index (χ2v) is 6.36. The molecule has 0 fully saturated rings. The van der Waals surface area contributed by atoms with Crippen LogP contribution in [0.2, 0.25) is 5.02 Å². The molecule has 0 aliphatic heterocycles. The molecule has 1 heterocycles. The summed E-state index contributed by atoms with van der Waals surface area (Å²) in [7, 11) is 0. The number of phenols is 1. The standard InChI is InChI=1S/C20H14ClN3O3/c21-13-4-8-18(17(25)10-13)27-14-5-1-11(2-6-14)20-23-15-7-3-12(19(22)26)9-16(15)24-20/h1-10,25H,(H2,22,26)(H,23,24). The van der Waals surface area contributed by atoms with Crippen LogP contribution in [0.3, 0.4) is 0 Å². The van der Waals surface area contributed by atoms with Crippen LogP contribution in [0.25, 0.3) is 22.4 Å². The van der Waals surface area contributed by atoms with E-state index in [2.05, 4.69) is 9.97 Å². The molecule has 4 N–H and O–H groups in total. The van der Waals surface area contributed by atoms with Crippen molar-refractivity contribution in [2.45, 2.75) is 0 Å². The van der Waals surface area contributed by atoms with Crippen molar-refractivity contribution >= 4 is 28.5 Å². The maximum Gasteiger partial charge on any atom is 0.248 e. The van der Waals surface area contributed by atoms with Crippen LogP contribution in [0, 0.1) is 0 Å². The van der Waals surface area contributed by atoms with Gasteiger partial charge in [0.15, 0.2) is 11.5 Å². The summed E-state index contributed by atoms with van der Waals surface area (Å²) in [6, 6.07) is 16.9. The summed E-state index contributed by atoms with van der Waals surface area (Å²) in [5, 5.41) is 10.3. The van der Waals surface area contributed by atoms with Crippen LogP contribution in [0.1, 0.15) is 10.4 Å². The quantitative estimate of drug-likeness (QED) is 0.486. The normalized spacial score (nSPS) is 10.9. The highest BCUT2D eigenvalue weighted by Crippen LogP contribution is 2.33. The first-order valence-electron chi connectivity index (χ1n) is 8.06. The van der Waals surface area contributed by atoms with E-state index in [9.17, 15) is 9.90 Å². The number of imidazole rings is 1. The van der Waals surface area contributed by atoms with Crippen LogP contribution in [0.4, 0.5) is 0 Å². The number of aromatic amines is 1. The molecule has 1 amide bonds. The summed E-state index contributed by atoms with van der Waals surface area (Å²) in [6.45, 7) is 0. The third kappa shape index (κ3) is 3.43. The summed E-state index contributed by atoms with van der Waals surface area (Å²) in [5.74, 6) is 1.01. The average Bonchev–Trinajstić information content (AvgIpc) is 3.08. The maximum absolute atomic E-state index is 11.3. The lowest BCUT2D eigenvalue weighted by atomic mass is 10.2. The van der Waals surface area contributed by atoms with Crippen LogP contribution >= 0.6 is 11.6 Å². The molecule has 27 heavy (non-hydrogen) atoms. The number of phenolic OH excluding ortho intramolecular Hbond substituents is 1. The minimum absolute atomic E-state index is 0.0332. The van der Waals surface area contributed by atoms with Crippen molar-refractivity contribution in [3.8, 4) is 28.6 Å². The molecule has 4 aromatic rings. The molecule has 0 aliphatic rings. The molecule has 0 radical (unpaired) electrons. The van der Waals surface area contributed by atoms with Gasteiger partial charge in [-0.05, 0) is 54.6 Å². The van der Waals surface area contributed by atoms with Crippen molar-refractivity contribution in [2.75, 3.05) is 0 Å². The summed E-state index contributed by atoms with van der Waals surface area (Å²) in [5.41, 5.74) is 8.04. The number of fused-ring (bicyclic) bond motifs is 1. The first kappa shape index (κ1) is 16.9. The molecule has 0 saturated carbocycles. The fraction of sp³-hybridized carbons (Fsp3) is 0. The summed E-state index contributed by atoms with van der Waals surface area (Å²) >= 11 is 5.82. The Hall–Kier alpha value is -3.51. The molecule has 0 aliphatic carbocycles. The lowest BCUT2D eigenvalue weighted by Gasteiger charge is -2.08. The molecule has 6 nitrogen and oxygen atoms in total. The summed E-state index contributed by atoms with van der Waals surface area (Å²) in [6.07, 6.45) is 0. The molecule has 0 atom stereocenters. The molecule has 3 aromatic carbocycles. The first-order valence-corrected chi connectivity index (χ1v) is 8.44. The topological polar surface area (TPSA) is 101 Å². The zero-order valence-electron chi connectivity index (χ0n) is 13.9. The summed E-state index contributed by atoms with van der Waals surface area (Å²) < 4.78 is 5.67. The Balaban J connectivity index is 1.60. The van der Waals surface area contributed by atoms with Crippen molar-refractivity contribution < 1.29 is 14.6 Å². The van der Waals surface area contributed by atoms with Gasteiger partial charge < -0.3 is 20.6 Å². The number of aromatic nitrogens is 2. The Morgan fingerprint density at radius 1 is 1.07 bits per heavy atom. The molecule has 0 bridgehead atoms. The number of primary amides is 1. The number of ether oxygens (including phenoxy) is 1. The number of benzene rings is 3. The number of hydrogen-bond acceptors (Lipinski definition) is 4. The van der Waals surface area contributed by atoms with Gasteiger partial charge in [0.25, 0.3) is 0 Å². The van der Waals surface area contributed by atoms with Crippen LogP contribution in [0.15, 0.2) is 60.7 Å². The van der Waals surface area contributed by atoms with Gasteiger partial charge in [-0.1, -0.05) is 11.6 Å². The largest absolute Gasteiger partial charge is 0.504 e. The van der Waals surface area contributed by atoms with E-state index in [4.69, 9.17) is 22.1 Å². The number of H-pyrrole nitrogens is 1. The number of aromatic hydroxyl groups is 1. The highest BCUT2D eigenvalue weighted by Gasteiger charge is 2.09. The Morgan fingerprint density at radius 2 is 1.85 bits per heavy atom. The number of hydrogen-bond donors (Lipinski definition) is 3. The second kappa shape index (κ2) is 6.66. The van der Waals surface area contributed by atoms with Gasteiger partial charge in [-0.2, -0.15) is 0 Å². The van der Waals surface area contributed by atoms with E-state index >= 15 is 0 Å². The predicted octanol–water partition coefficient (Wildman–Crippen LogP) is 4.48. The number of amides is 1. The van der Waals surface area contributed by atoms with Crippen molar-refractivity contribution in [1.82, 2.24) is 9.97 Å². The van der Waals surface area contributed by atoms with E-state index in [1.165, 1.54) is 6.07 Å². The smallest absolute Gasteiger partial charge is 0.248 e. The molecular formula is C20H14ClN3O3. The van der Waals surface area contributed by atoms with Gasteiger partial charge >= 0.3 is 0 Å². The number of nitrogens with zero attached hydrogens (tertiary/aromatic N) is 1. The monoisotopic (exact) mass is 379 g/mol. The Morgan fingerprint density at radius 3 is 2.56 bits per heavy atom. The predicted molar refractivity (Wildman–Crippen MR) is 103 cm³/mol. The fourth-order valence-corrected chi connectivity index (χ4v) is 2.85. The van der Waals surface area contributed by atoms with Crippen LogP contribution in [0.5, 0.6) is 17.2 Å². The number of nitrogens with two attached hydrogens (primary N) is 1. The molecule has 0 unspecified atom stereocenters. The fourth-order valence-electron chi connectivity index (χ4n) is 2.68. The van der Waals surface area contributed by atoms with E-state index in [-0.39, 0.29) is 5.75 Å². The third-order valence-corrected chi connectivity index (χ3v) is 4.28. The Labute approximate surface area is 159 Å². The number of nitrogens with one attached hydrogen (secondary N) is 1. The highest BCUT2D eigenvalue weighted by atomic mass is 35.5. The molecule has 134 valence electrons. The van der Waals surface area contributed by atoms with Crippen LogP contribution < -0.4 is 10.5 Å². The zero-order chi connectivity index (χ0) is 19.0. The molecular weight excluding hydrogens is 366 g/mol. The van der Waals surface area contributed by atoms with Crippen LogP contribution in [-0.2, 0) is 0 Å². The van der Waals surface area contributed by atoms with Gasteiger partial charge in [-0.15, -0.1) is 0 Å². The van der Waals surface area contributed by atoms with E-state index in [0.717, 1.165) is 16.6 Å². The van der Waals surface area contributed by atoms with E-state index in [0.29, 0.717) is 27.9 Å². The van der Waals surface area contributed by atoms with Gasteiger partial charge in [-0.25, -0.2) is 4.98 Å². The van der Waals surface area contributed by atoms with E-state index in [1.807, 2.05) is 12.1 Å². The SMILES string of the molecule is NC(=O)c1ccc2nc(-c3ccc(Oc4ccc(Cl)cc4O)cc3)[nH]c2c1. The third-order valence-electron chi connectivity index (χ3n) is 4.04. The number of carbonyl (C=O) groups excluding carboxylic acids is 1. The molecule has 4 rings (SSSR count). The lowest BCUT2D eigenvalue weighted by molar-refractivity contribution is 0.100. The van der Waals surface area contributed by atoms with Crippen LogP contribution in [-0.4, -0.2) is 21.0 Å². The Kier molecular flexibility index (Phi) is 4.18. The maximum atomic E-state index is 11.3. The average molecular weight is 380 g/mol.